The lowest BCUT2D eigenvalue weighted by atomic mass is 10.2. The number of aromatic amines is 1. The monoisotopic (exact) mass is 316 g/mol. The second-order valence-electron chi connectivity index (χ2n) is 4.17. The van der Waals surface area contributed by atoms with Crippen LogP contribution in [0.2, 0.25) is 0 Å². The molecular formula is C16H16N2O3S. The van der Waals surface area contributed by atoms with Gasteiger partial charge in [-0.1, -0.05) is 26.0 Å². The van der Waals surface area contributed by atoms with E-state index < -0.39 is 5.97 Å². The topological polar surface area (TPSA) is 72.0 Å². The van der Waals surface area contributed by atoms with Crippen LogP contribution in [0.4, 0.5) is 0 Å². The van der Waals surface area contributed by atoms with Crippen molar-refractivity contribution in [3.8, 4) is 17.1 Å². The van der Waals surface area contributed by atoms with Crippen LogP contribution in [0, 0.1) is 0 Å². The number of fused-ring (bicyclic) bond motifs is 1. The highest BCUT2D eigenvalue weighted by atomic mass is 32.1. The molecule has 114 valence electrons. The normalized spacial score (nSPS) is 9.95. The van der Waals surface area contributed by atoms with Gasteiger partial charge in [0.25, 0.3) is 5.56 Å². The number of nitrogens with zero attached hydrogens (tertiary/aromatic N) is 1. The number of hydrogen-bond acceptors (Lipinski definition) is 5. The van der Waals surface area contributed by atoms with Crippen molar-refractivity contribution in [2.45, 2.75) is 20.8 Å². The van der Waals surface area contributed by atoms with Gasteiger partial charge in [0.2, 0.25) is 0 Å². The number of aromatic nitrogens is 2. The fourth-order valence-electron chi connectivity index (χ4n) is 1.88. The van der Waals surface area contributed by atoms with Crippen LogP contribution in [-0.2, 0) is 4.79 Å². The summed E-state index contributed by atoms with van der Waals surface area (Å²) in [7, 11) is 0. The van der Waals surface area contributed by atoms with Gasteiger partial charge in [0.05, 0.1) is 5.52 Å². The summed E-state index contributed by atoms with van der Waals surface area (Å²) in [5.41, 5.74) is 1.18. The highest BCUT2D eigenvalue weighted by molar-refractivity contribution is 7.17. The first-order chi connectivity index (χ1) is 10.6. The number of esters is 1. The lowest BCUT2D eigenvalue weighted by Crippen LogP contribution is -2.07. The van der Waals surface area contributed by atoms with Crippen molar-refractivity contribution in [1.29, 1.82) is 0 Å². The number of hydrogen-bond donors (Lipinski definition) is 1. The second kappa shape index (κ2) is 7.00. The van der Waals surface area contributed by atoms with E-state index in [1.807, 2.05) is 19.2 Å². The van der Waals surface area contributed by atoms with Crippen LogP contribution in [0.15, 0.2) is 40.5 Å². The molecule has 0 bridgehead atoms. The third-order valence-electron chi connectivity index (χ3n) is 2.68. The Hall–Kier alpha value is -2.47. The number of H-pyrrole nitrogens is 1. The molecule has 6 heteroatoms. The van der Waals surface area contributed by atoms with Crippen molar-refractivity contribution >= 4 is 27.5 Å². The highest BCUT2D eigenvalue weighted by Crippen LogP contribution is 2.22. The van der Waals surface area contributed by atoms with Crippen molar-refractivity contribution < 1.29 is 9.53 Å². The first-order valence-electron chi connectivity index (χ1n) is 6.90. The molecule has 3 rings (SSSR count). The number of carbonyl (C=O) groups excluding carboxylic acids is 1. The van der Waals surface area contributed by atoms with Crippen LogP contribution in [0.1, 0.15) is 20.8 Å². The predicted octanol–water partition coefficient (Wildman–Crippen LogP) is 3.60. The van der Waals surface area contributed by atoms with E-state index in [0.717, 1.165) is 0 Å². The Morgan fingerprint density at radius 1 is 1.27 bits per heavy atom. The fourth-order valence-corrected chi connectivity index (χ4v) is 2.61. The maximum absolute atomic E-state index is 11.9. The average Bonchev–Trinajstić information content (AvgIpc) is 2.98. The fraction of sp³-hybridized carbons (Fsp3) is 0.188. The van der Waals surface area contributed by atoms with E-state index in [1.165, 1.54) is 18.3 Å². The van der Waals surface area contributed by atoms with Crippen molar-refractivity contribution in [2.75, 3.05) is 0 Å². The minimum absolute atomic E-state index is 0.169. The summed E-state index contributed by atoms with van der Waals surface area (Å²) in [4.78, 5) is 30.0. The number of ether oxygens (including phenoxy) is 1. The number of rotatable bonds is 2. The van der Waals surface area contributed by atoms with Gasteiger partial charge in [-0.05, 0) is 23.6 Å². The van der Waals surface area contributed by atoms with Gasteiger partial charge in [-0.3, -0.25) is 9.59 Å². The van der Waals surface area contributed by atoms with Gasteiger partial charge in [0.15, 0.2) is 0 Å². The molecule has 0 saturated heterocycles. The summed E-state index contributed by atoms with van der Waals surface area (Å²) in [5.74, 6) is 0.481. The van der Waals surface area contributed by atoms with Crippen LogP contribution in [0.25, 0.3) is 21.6 Å². The van der Waals surface area contributed by atoms with Crippen LogP contribution in [0.5, 0.6) is 5.75 Å². The maximum atomic E-state index is 11.9. The number of carbonyl (C=O) groups is 1. The molecule has 2 heterocycles. The summed E-state index contributed by atoms with van der Waals surface area (Å²) in [6.07, 6.45) is 0. The smallest absolute Gasteiger partial charge is 0.308 e. The molecule has 0 aliphatic heterocycles. The summed E-state index contributed by atoms with van der Waals surface area (Å²) in [5, 5.41) is 1.83. The molecule has 1 aromatic carbocycles. The summed E-state index contributed by atoms with van der Waals surface area (Å²) in [6, 6.07) is 8.67. The molecule has 0 amide bonds. The van der Waals surface area contributed by atoms with Gasteiger partial charge in [0.1, 0.15) is 16.3 Å². The van der Waals surface area contributed by atoms with E-state index in [0.29, 0.717) is 27.4 Å². The highest BCUT2D eigenvalue weighted by Gasteiger charge is 2.08. The second-order valence-corrected chi connectivity index (χ2v) is 5.09. The van der Waals surface area contributed by atoms with Gasteiger partial charge in [0, 0.05) is 12.5 Å². The largest absolute Gasteiger partial charge is 0.427 e. The van der Waals surface area contributed by atoms with Gasteiger partial charge in [-0.15, -0.1) is 11.3 Å². The minimum atomic E-state index is -0.392. The number of nitrogens with one attached hydrogen (secondary N) is 1. The third-order valence-corrected chi connectivity index (χ3v) is 3.59. The first kappa shape index (κ1) is 15.9. The molecule has 0 saturated carbocycles. The Labute approximate surface area is 131 Å². The van der Waals surface area contributed by atoms with Crippen LogP contribution >= 0.6 is 11.3 Å². The van der Waals surface area contributed by atoms with Gasteiger partial charge in [-0.2, -0.15) is 0 Å². The summed E-state index contributed by atoms with van der Waals surface area (Å²) < 4.78 is 5.62. The SMILES string of the molecule is CC.CC(=O)Oc1cccc(-c2nc3ccsc3c(=O)[nH]2)c1. The van der Waals surface area contributed by atoms with Crippen LogP contribution in [-0.4, -0.2) is 15.9 Å². The van der Waals surface area contributed by atoms with E-state index in [1.54, 1.807) is 30.3 Å². The Morgan fingerprint density at radius 2 is 2.05 bits per heavy atom. The Bertz CT molecular complexity index is 852. The zero-order valence-corrected chi connectivity index (χ0v) is 13.4. The lowest BCUT2D eigenvalue weighted by molar-refractivity contribution is -0.131. The van der Waals surface area contributed by atoms with E-state index in [-0.39, 0.29) is 5.56 Å². The number of thiophene rings is 1. The Morgan fingerprint density at radius 3 is 2.77 bits per heavy atom. The molecule has 1 N–H and O–H groups in total. The van der Waals surface area contributed by atoms with Crippen LogP contribution in [0.3, 0.4) is 0 Å². The first-order valence-corrected chi connectivity index (χ1v) is 7.78. The minimum Gasteiger partial charge on any atom is -0.427 e. The van der Waals surface area contributed by atoms with Crippen molar-refractivity contribution in [3.63, 3.8) is 0 Å². The average molecular weight is 316 g/mol. The van der Waals surface area contributed by atoms with Crippen molar-refractivity contribution in [2.24, 2.45) is 0 Å². The molecule has 0 radical (unpaired) electrons. The van der Waals surface area contributed by atoms with Crippen LogP contribution < -0.4 is 10.3 Å². The molecule has 2 aromatic heterocycles. The molecular weight excluding hydrogens is 300 g/mol. The molecule has 0 unspecified atom stereocenters. The quantitative estimate of drug-likeness (QED) is 0.579. The van der Waals surface area contributed by atoms with E-state index >= 15 is 0 Å². The van der Waals surface area contributed by atoms with E-state index in [4.69, 9.17) is 4.74 Å². The third kappa shape index (κ3) is 3.40. The molecule has 5 nitrogen and oxygen atoms in total. The predicted molar refractivity (Wildman–Crippen MR) is 88.3 cm³/mol. The zero-order chi connectivity index (χ0) is 16.1. The molecule has 0 fully saturated rings. The Balaban J connectivity index is 0.000000847. The molecule has 0 aliphatic carbocycles. The lowest BCUT2D eigenvalue weighted by Gasteiger charge is -2.04. The van der Waals surface area contributed by atoms with Gasteiger partial charge < -0.3 is 9.72 Å². The van der Waals surface area contributed by atoms with Gasteiger partial charge in [-0.25, -0.2) is 4.98 Å². The molecule has 0 spiro atoms. The molecule has 0 atom stereocenters. The summed E-state index contributed by atoms with van der Waals surface area (Å²) in [6.45, 7) is 5.34. The number of benzene rings is 1. The van der Waals surface area contributed by atoms with E-state index in [9.17, 15) is 9.59 Å². The molecule has 0 aliphatic rings. The summed E-state index contributed by atoms with van der Waals surface area (Å²) >= 11 is 1.35. The van der Waals surface area contributed by atoms with Gasteiger partial charge >= 0.3 is 5.97 Å². The maximum Gasteiger partial charge on any atom is 0.308 e. The molecule has 3 aromatic rings. The Kier molecular flexibility index (Phi) is 5.06. The van der Waals surface area contributed by atoms with Crippen molar-refractivity contribution in [1.82, 2.24) is 9.97 Å². The van der Waals surface area contributed by atoms with Crippen molar-refractivity contribution in [3.05, 3.63) is 46.1 Å². The van der Waals surface area contributed by atoms with E-state index in [2.05, 4.69) is 9.97 Å². The molecule has 22 heavy (non-hydrogen) atoms. The standard InChI is InChI=1S/C14H10N2O3S.C2H6/c1-8(17)19-10-4-2-3-9(7-10)13-15-11-5-6-20-12(11)14(18)16-13;1-2/h2-7H,1H3,(H,15,16,18);1-2H3. The zero-order valence-electron chi connectivity index (χ0n) is 12.5.